The van der Waals surface area contributed by atoms with Gasteiger partial charge in [0, 0.05) is 6.54 Å². The van der Waals surface area contributed by atoms with Crippen LogP contribution in [0.1, 0.15) is 13.8 Å². The maximum Gasteiger partial charge on any atom is 0.316 e. The summed E-state index contributed by atoms with van der Waals surface area (Å²) in [4.78, 5) is 11.2. The van der Waals surface area contributed by atoms with Gasteiger partial charge in [-0.3, -0.25) is 4.79 Å². The summed E-state index contributed by atoms with van der Waals surface area (Å²) in [7, 11) is 1.24. The number of halogens is 1. The Labute approximate surface area is 72.1 Å². The van der Waals surface area contributed by atoms with Gasteiger partial charge in [0.05, 0.1) is 7.11 Å². The molecule has 0 spiro atoms. The number of nitrogens with two attached hydrogens (primary N) is 1. The molecule has 0 saturated heterocycles. The first-order valence-electron chi connectivity index (χ1n) is 3.89. The average molecular weight is 177 g/mol. The Bertz CT molecular complexity index is 155. The summed E-state index contributed by atoms with van der Waals surface area (Å²) < 4.78 is 17.1. The predicted molar refractivity (Wildman–Crippen MR) is 44.3 cm³/mol. The average Bonchev–Trinajstić information content (AvgIpc) is 2.06. The fourth-order valence-electron chi connectivity index (χ4n) is 1.02. The van der Waals surface area contributed by atoms with E-state index >= 15 is 0 Å². The van der Waals surface area contributed by atoms with Crippen LogP contribution < -0.4 is 5.73 Å². The van der Waals surface area contributed by atoms with Crippen LogP contribution in [0.15, 0.2) is 0 Å². The molecule has 0 heterocycles. The Kier molecular flexibility index (Phi) is 4.17. The van der Waals surface area contributed by atoms with Gasteiger partial charge in [-0.15, -0.1) is 0 Å². The van der Waals surface area contributed by atoms with E-state index < -0.39 is 18.1 Å². The quantitative estimate of drug-likeness (QED) is 0.644. The van der Waals surface area contributed by atoms with Crippen molar-refractivity contribution in [3.8, 4) is 0 Å². The summed E-state index contributed by atoms with van der Waals surface area (Å²) in [5.74, 6) is -0.720. The molecule has 0 amide bonds. The molecule has 3 nitrogen and oxygen atoms in total. The van der Waals surface area contributed by atoms with E-state index in [0.29, 0.717) is 0 Å². The van der Waals surface area contributed by atoms with Gasteiger partial charge >= 0.3 is 5.97 Å². The first kappa shape index (κ1) is 11.4. The maximum absolute atomic E-state index is 12.6. The lowest BCUT2D eigenvalue weighted by Crippen LogP contribution is -2.45. The number of hydrogen-bond donors (Lipinski definition) is 1. The second-order valence-electron chi connectivity index (χ2n) is 3.14. The molecule has 0 radical (unpaired) electrons. The highest BCUT2D eigenvalue weighted by Crippen LogP contribution is 2.28. The van der Waals surface area contributed by atoms with Crippen molar-refractivity contribution in [2.75, 3.05) is 20.3 Å². The van der Waals surface area contributed by atoms with Crippen LogP contribution in [0.2, 0.25) is 0 Å². The molecule has 0 fully saturated rings. The molecule has 4 heteroatoms. The second-order valence-corrected chi connectivity index (χ2v) is 3.14. The first-order valence-corrected chi connectivity index (χ1v) is 3.89. The van der Waals surface area contributed by atoms with Gasteiger partial charge in [0.1, 0.15) is 12.1 Å². The van der Waals surface area contributed by atoms with Crippen LogP contribution in [0.3, 0.4) is 0 Å². The molecule has 1 unspecified atom stereocenters. The van der Waals surface area contributed by atoms with E-state index in [4.69, 9.17) is 5.73 Å². The minimum Gasteiger partial charge on any atom is -0.468 e. The van der Waals surface area contributed by atoms with Crippen molar-refractivity contribution in [2.24, 2.45) is 17.1 Å². The molecule has 0 saturated carbocycles. The number of rotatable bonds is 4. The number of alkyl halides is 1. The third kappa shape index (κ3) is 1.75. The molecular formula is C8H16FNO2. The fraction of sp³-hybridized carbons (Fsp3) is 0.875. The zero-order valence-corrected chi connectivity index (χ0v) is 7.76. The molecular weight excluding hydrogens is 161 g/mol. The second kappa shape index (κ2) is 4.40. The standard InChI is InChI=1S/C8H16FNO2/c1-6(2)8(4-9,5-10)7(11)12-3/h6H,4-5,10H2,1-3H3. The monoisotopic (exact) mass is 177 g/mol. The van der Waals surface area contributed by atoms with Gasteiger partial charge in [-0.25, -0.2) is 4.39 Å². The van der Waals surface area contributed by atoms with Crippen LogP contribution >= 0.6 is 0 Å². The van der Waals surface area contributed by atoms with Gasteiger partial charge in [-0.2, -0.15) is 0 Å². The van der Waals surface area contributed by atoms with Crippen LogP contribution in [-0.2, 0) is 9.53 Å². The van der Waals surface area contributed by atoms with Crippen molar-refractivity contribution in [2.45, 2.75) is 13.8 Å². The van der Waals surface area contributed by atoms with Crippen molar-refractivity contribution < 1.29 is 13.9 Å². The molecule has 0 aromatic rings. The lowest BCUT2D eigenvalue weighted by Gasteiger charge is -2.30. The SMILES string of the molecule is COC(=O)C(CN)(CF)C(C)C. The van der Waals surface area contributed by atoms with Crippen LogP contribution in [-0.4, -0.2) is 26.3 Å². The lowest BCUT2D eigenvalue weighted by atomic mass is 9.78. The number of hydrogen-bond acceptors (Lipinski definition) is 3. The van der Waals surface area contributed by atoms with Gasteiger partial charge < -0.3 is 10.5 Å². The Morgan fingerprint density at radius 2 is 2.17 bits per heavy atom. The van der Waals surface area contributed by atoms with Crippen LogP contribution in [0.25, 0.3) is 0 Å². The molecule has 72 valence electrons. The smallest absolute Gasteiger partial charge is 0.316 e. The van der Waals surface area contributed by atoms with Gasteiger partial charge in [-0.1, -0.05) is 13.8 Å². The van der Waals surface area contributed by atoms with Crippen molar-refractivity contribution in [1.82, 2.24) is 0 Å². The van der Waals surface area contributed by atoms with E-state index in [1.54, 1.807) is 13.8 Å². The number of carbonyl (C=O) groups is 1. The van der Waals surface area contributed by atoms with Gasteiger partial charge in [0.25, 0.3) is 0 Å². The minimum absolute atomic E-state index is 0.0200. The molecule has 0 aromatic carbocycles. The van der Waals surface area contributed by atoms with Gasteiger partial charge in [0.2, 0.25) is 0 Å². The highest BCUT2D eigenvalue weighted by atomic mass is 19.1. The zero-order valence-electron chi connectivity index (χ0n) is 7.76. The highest BCUT2D eigenvalue weighted by Gasteiger charge is 2.41. The predicted octanol–water partition coefficient (Wildman–Crippen LogP) is 0.730. The van der Waals surface area contributed by atoms with E-state index in [9.17, 15) is 9.18 Å². The summed E-state index contributed by atoms with van der Waals surface area (Å²) in [6, 6.07) is 0. The van der Waals surface area contributed by atoms with Gasteiger partial charge in [-0.05, 0) is 5.92 Å². The summed E-state index contributed by atoms with van der Waals surface area (Å²) in [6.45, 7) is 2.72. The number of esters is 1. The molecule has 0 aliphatic carbocycles. The normalized spacial score (nSPS) is 15.8. The molecule has 0 bridgehead atoms. The van der Waals surface area contributed by atoms with E-state index in [2.05, 4.69) is 4.74 Å². The molecule has 2 N–H and O–H groups in total. The topological polar surface area (TPSA) is 52.3 Å². The highest BCUT2D eigenvalue weighted by molar-refractivity contribution is 5.77. The van der Waals surface area contributed by atoms with E-state index in [-0.39, 0.29) is 12.5 Å². The Morgan fingerprint density at radius 1 is 1.67 bits per heavy atom. The molecule has 1 atom stereocenters. The van der Waals surface area contributed by atoms with E-state index in [0.717, 1.165) is 0 Å². The van der Waals surface area contributed by atoms with Gasteiger partial charge in [0.15, 0.2) is 0 Å². The van der Waals surface area contributed by atoms with Crippen LogP contribution in [0, 0.1) is 11.3 Å². The van der Waals surface area contributed by atoms with E-state index in [1.807, 2.05) is 0 Å². The van der Waals surface area contributed by atoms with Crippen molar-refractivity contribution >= 4 is 5.97 Å². The van der Waals surface area contributed by atoms with Crippen molar-refractivity contribution in [1.29, 1.82) is 0 Å². The van der Waals surface area contributed by atoms with Crippen molar-refractivity contribution in [3.63, 3.8) is 0 Å². The molecule has 0 rings (SSSR count). The maximum atomic E-state index is 12.6. The fourth-order valence-corrected chi connectivity index (χ4v) is 1.02. The lowest BCUT2D eigenvalue weighted by molar-refractivity contribution is -0.156. The minimum atomic E-state index is -1.16. The third-order valence-corrected chi connectivity index (χ3v) is 2.30. The molecule has 0 aromatic heterocycles. The summed E-state index contributed by atoms with van der Waals surface area (Å²) in [6.07, 6.45) is 0. The van der Waals surface area contributed by atoms with E-state index in [1.165, 1.54) is 7.11 Å². The summed E-state index contributed by atoms with van der Waals surface area (Å²) >= 11 is 0. The molecule has 12 heavy (non-hydrogen) atoms. The molecule has 0 aliphatic rings. The zero-order chi connectivity index (χ0) is 9.78. The number of ether oxygens (including phenoxy) is 1. The molecule has 0 aliphatic heterocycles. The van der Waals surface area contributed by atoms with Crippen molar-refractivity contribution in [3.05, 3.63) is 0 Å². The first-order chi connectivity index (χ1) is 5.55. The van der Waals surface area contributed by atoms with Crippen LogP contribution in [0.5, 0.6) is 0 Å². The Morgan fingerprint density at radius 3 is 2.25 bits per heavy atom. The Balaban J connectivity index is 4.69. The largest absolute Gasteiger partial charge is 0.468 e. The van der Waals surface area contributed by atoms with Crippen LogP contribution in [0.4, 0.5) is 4.39 Å². The third-order valence-electron chi connectivity index (χ3n) is 2.30. The number of methoxy groups -OCH3 is 1. The Hall–Kier alpha value is -0.640. The number of carbonyl (C=O) groups excluding carboxylic acids is 1. The summed E-state index contributed by atoms with van der Waals surface area (Å²) in [5, 5.41) is 0. The summed E-state index contributed by atoms with van der Waals surface area (Å²) in [5.41, 5.74) is 4.20.